The van der Waals surface area contributed by atoms with E-state index >= 15 is 0 Å². The van der Waals surface area contributed by atoms with Crippen LogP contribution < -0.4 is 10.1 Å². The van der Waals surface area contributed by atoms with E-state index in [9.17, 15) is 9.18 Å². The summed E-state index contributed by atoms with van der Waals surface area (Å²) in [4.78, 5) is 20.3. The Morgan fingerprint density at radius 2 is 1.85 bits per heavy atom. The molecule has 1 N–H and O–H groups in total. The number of carbonyl (C=O) groups is 1. The molecule has 1 aromatic heterocycles. The Labute approximate surface area is 197 Å². The van der Waals surface area contributed by atoms with Gasteiger partial charge in [-0.1, -0.05) is 29.8 Å². The lowest BCUT2D eigenvalue weighted by atomic mass is 10.0. The summed E-state index contributed by atoms with van der Waals surface area (Å²) < 4.78 is 24.7. The lowest BCUT2D eigenvalue weighted by Gasteiger charge is -2.34. The molecule has 0 spiro atoms. The van der Waals surface area contributed by atoms with Crippen molar-refractivity contribution in [3.8, 4) is 5.75 Å². The van der Waals surface area contributed by atoms with Gasteiger partial charge in [0.25, 0.3) is 5.91 Å². The number of halogens is 1. The fourth-order valence-electron chi connectivity index (χ4n) is 3.81. The Morgan fingerprint density at radius 3 is 2.55 bits per heavy atom. The summed E-state index contributed by atoms with van der Waals surface area (Å²) in [6.45, 7) is 7.40. The van der Waals surface area contributed by atoms with E-state index in [0.29, 0.717) is 36.9 Å². The predicted octanol–water partition coefficient (Wildman–Crippen LogP) is 4.28. The van der Waals surface area contributed by atoms with Crippen molar-refractivity contribution in [2.75, 3.05) is 32.8 Å². The van der Waals surface area contributed by atoms with Crippen LogP contribution in [0.1, 0.15) is 37.5 Å². The van der Waals surface area contributed by atoms with Crippen LogP contribution in [0.25, 0.3) is 0 Å². The highest BCUT2D eigenvalue weighted by Gasteiger charge is 2.24. The average Bonchev–Trinajstić information content (AvgIpc) is 3.21. The Bertz CT molecular complexity index is 1060. The van der Waals surface area contributed by atoms with E-state index in [0.717, 1.165) is 29.4 Å². The quantitative estimate of drug-likeness (QED) is 0.534. The number of nitrogens with one attached hydrogen (secondary N) is 1. The lowest BCUT2D eigenvalue weighted by molar-refractivity contribution is 0.0162. The first kappa shape index (κ1) is 23.4. The molecule has 174 valence electrons. The second-order valence-corrected chi connectivity index (χ2v) is 9.13. The van der Waals surface area contributed by atoms with Gasteiger partial charge in [0.2, 0.25) is 0 Å². The smallest absolute Gasteiger partial charge is 0.263 e. The molecule has 1 fully saturated rings. The summed E-state index contributed by atoms with van der Waals surface area (Å²) in [7, 11) is 0. The zero-order chi connectivity index (χ0) is 23.2. The molecule has 33 heavy (non-hydrogen) atoms. The zero-order valence-electron chi connectivity index (χ0n) is 18.8. The summed E-state index contributed by atoms with van der Waals surface area (Å²) in [6, 6.07) is 14.2. The van der Waals surface area contributed by atoms with Gasteiger partial charge in [-0.3, -0.25) is 9.69 Å². The maximum atomic E-state index is 13.4. The molecular weight excluding hydrogens is 441 g/mol. The summed E-state index contributed by atoms with van der Waals surface area (Å²) in [5.74, 6) is 0.336. The fourth-order valence-corrected chi connectivity index (χ4v) is 4.70. The van der Waals surface area contributed by atoms with Crippen LogP contribution in [0.4, 0.5) is 4.39 Å². The number of amides is 1. The van der Waals surface area contributed by atoms with Gasteiger partial charge in [0.15, 0.2) is 0 Å². The monoisotopic (exact) mass is 469 g/mol. The summed E-state index contributed by atoms with van der Waals surface area (Å²) in [5.41, 5.74) is 2.82. The molecule has 1 saturated heterocycles. The largest absolute Gasteiger partial charge is 0.486 e. The Balaban J connectivity index is 1.40. The van der Waals surface area contributed by atoms with Crippen LogP contribution in [0.5, 0.6) is 5.75 Å². The van der Waals surface area contributed by atoms with Crippen LogP contribution in [0, 0.1) is 19.7 Å². The van der Waals surface area contributed by atoms with Crippen molar-refractivity contribution in [2.45, 2.75) is 26.5 Å². The van der Waals surface area contributed by atoms with Crippen molar-refractivity contribution in [3.05, 3.63) is 81.1 Å². The third-order valence-electron chi connectivity index (χ3n) is 5.63. The maximum Gasteiger partial charge on any atom is 0.263 e. The number of hydrogen-bond acceptors (Lipinski definition) is 6. The molecule has 0 bridgehead atoms. The molecule has 6 nitrogen and oxygen atoms in total. The van der Waals surface area contributed by atoms with Gasteiger partial charge >= 0.3 is 0 Å². The highest BCUT2D eigenvalue weighted by atomic mass is 32.1. The molecule has 0 aliphatic carbocycles. The molecule has 0 radical (unpaired) electrons. The van der Waals surface area contributed by atoms with Gasteiger partial charge in [-0.15, -0.1) is 11.3 Å². The number of nitrogens with zero attached hydrogens (tertiary/aromatic N) is 2. The van der Waals surface area contributed by atoms with E-state index in [1.54, 1.807) is 12.1 Å². The summed E-state index contributed by atoms with van der Waals surface area (Å²) in [6.07, 6.45) is 0. The van der Waals surface area contributed by atoms with E-state index in [-0.39, 0.29) is 17.8 Å². The third-order valence-corrected chi connectivity index (χ3v) is 6.76. The maximum absolute atomic E-state index is 13.4. The molecule has 0 saturated carbocycles. The Hall–Kier alpha value is -2.81. The van der Waals surface area contributed by atoms with Crippen LogP contribution in [-0.2, 0) is 11.3 Å². The Morgan fingerprint density at radius 1 is 1.15 bits per heavy atom. The highest BCUT2D eigenvalue weighted by molar-refractivity contribution is 7.13. The van der Waals surface area contributed by atoms with Crippen molar-refractivity contribution in [1.29, 1.82) is 0 Å². The van der Waals surface area contributed by atoms with Gasteiger partial charge in [-0.25, -0.2) is 9.37 Å². The van der Waals surface area contributed by atoms with E-state index < -0.39 is 0 Å². The second kappa shape index (κ2) is 10.9. The van der Waals surface area contributed by atoms with Crippen molar-refractivity contribution < 1.29 is 18.7 Å². The molecule has 1 aliphatic heterocycles. The molecule has 0 unspecified atom stereocenters. The zero-order valence-corrected chi connectivity index (χ0v) is 19.7. The Kier molecular flexibility index (Phi) is 7.69. The van der Waals surface area contributed by atoms with Crippen LogP contribution in [0.2, 0.25) is 0 Å². The van der Waals surface area contributed by atoms with Crippen LogP contribution in [0.3, 0.4) is 0 Å². The van der Waals surface area contributed by atoms with Crippen molar-refractivity contribution in [1.82, 2.24) is 15.2 Å². The minimum atomic E-state index is -0.274. The molecule has 1 amide bonds. The van der Waals surface area contributed by atoms with Crippen molar-refractivity contribution in [3.63, 3.8) is 0 Å². The van der Waals surface area contributed by atoms with Gasteiger partial charge in [0.1, 0.15) is 28.1 Å². The number of carbonyl (C=O) groups excluding carboxylic acids is 1. The van der Waals surface area contributed by atoms with E-state index in [1.807, 2.05) is 38.1 Å². The number of ether oxygens (including phenoxy) is 2. The van der Waals surface area contributed by atoms with Gasteiger partial charge in [-0.05, 0) is 43.7 Å². The van der Waals surface area contributed by atoms with E-state index in [1.165, 1.54) is 29.0 Å². The number of aromatic nitrogens is 1. The first-order valence-corrected chi connectivity index (χ1v) is 11.8. The second-order valence-electron chi connectivity index (χ2n) is 8.05. The molecule has 2 aromatic carbocycles. The van der Waals surface area contributed by atoms with Gasteiger partial charge in [0, 0.05) is 19.6 Å². The van der Waals surface area contributed by atoms with Gasteiger partial charge in [0.05, 0.1) is 24.9 Å². The number of benzene rings is 2. The third kappa shape index (κ3) is 6.16. The standard InChI is InChI=1S/C25H28FN3O3S/c1-17-3-9-21(10-4-17)32-16-23-28-18(2)24(33-23)25(30)27-15-22(29-11-13-31-14-12-29)19-5-7-20(26)8-6-19/h3-10,22H,11-16H2,1-2H3,(H,27,30)/t22-/m0/s1. The average molecular weight is 470 g/mol. The van der Waals surface area contributed by atoms with Gasteiger partial charge < -0.3 is 14.8 Å². The predicted molar refractivity (Wildman–Crippen MR) is 126 cm³/mol. The molecule has 8 heteroatoms. The topological polar surface area (TPSA) is 63.7 Å². The summed E-state index contributed by atoms with van der Waals surface area (Å²) >= 11 is 1.34. The number of rotatable bonds is 8. The first-order chi connectivity index (χ1) is 16.0. The molecule has 2 heterocycles. The molecular formula is C25H28FN3O3S. The summed E-state index contributed by atoms with van der Waals surface area (Å²) in [5, 5.41) is 3.81. The fraction of sp³-hybridized carbons (Fsp3) is 0.360. The number of thiazole rings is 1. The van der Waals surface area contributed by atoms with E-state index in [4.69, 9.17) is 9.47 Å². The lowest BCUT2D eigenvalue weighted by Crippen LogP contribution is -2.43. The number of aryl methyl sites for hydroxylation is 2. The minimum absolute atomic E-state index is 0.0592. The van der Waals surface area contributed by atoms with Crippen LogP contribution in [-0.4, -0.2) is 48.6 Å². The van der Waals surface area contributed by atoms with Gasteiger partial charge in [-0.2, -0.15) is 0 Å². The minimum Gasteiger partial charge on any atom is -0.486 e. The first-order valence-electron chi connectivity index (χ1n) is 11.0. The highest BCUT2D eigenvalue weighted by Crippen LogP contribution is 2.24. The molecule has 4 rings (SSSR count). The van der Waals surface area contributed by atoms with Crippen LogP contribution >= 0.6 is 11.3 Å². The van der Waals surface area contributed by atoms with Crippen molar-refractivity contribution >= 4 is 17.2 Å². The number of hydrogen-bond donors (Lipinski definition) is 1. The molecule has 1 atom stereocenters. The van der Waals surface area contributed by atoms with E-state index in [2.05, 4.69) is 15.2 Å². The van der Waals surface area contributed by atoms with Crippen molar-refractivity contribution in [2.24, 2.45) is 0 Å². The normalized spacial score (nSPS) is 15.2. The molecule has 1 aliphatic rings. The number of morpholine rings is 1. The van der Waals surface area contributed by atoms with Crippen LogP contribution in [0.15, 0.2) is 48.5 Å². The molecule has 3 aromatic rings. The SMILES string of the molecule is Cc1ccc(OCc2nc(C)c(C(=O)NC[C@@H](c3ccc(F)cc3)N3CCOCC3)s2)cc1.